The van der Waals surface area contributed by atoms with E-state index in [-0.39, 0.29) is 33.7 Å². The van der Waals surface area contributed by atoms with Crippen molar-refractivity contribution in [2.75, 3.05) is 13.2 Å². The summed E-state index contributed by atoms with van der Waals surface area (Å²) in [5.41, 5.74) is 0.618. The molecule has 10 atom stereocenters. The number of ether oxygens (including phenoxy) is 2. The minimum absolute atomic E-state index is 0.0790. The number of carboxylic acids is 1. The molecule has 5 aliphatic rings. The fourth-order valence-corrected chi connectivity index (χ4v) is 12.1. The van der Waals surface area contributed by atoms with Crippen LogP contribution in [0.3, 0.4) is 0 Å². The van der Waals surface area contributed by atoms with E-state index in [9.17, 15) is 19.5 Å². The molecule has 230 valence electrons. The van der Waals surface area contributed by atoms with Gasteiger partial charge < -0.3 is 19.7 Å². The number of rotatable bonds is 6. The zero-order valence-corrected chi connectivity index (χ0v) is 26.1. The number of allylic oxidation sites excluding steroid dienone is 1. The Labute approximate surface area is 245 Å². The molecule has 5 saturated carbocycles. The molecule has 4 unspecified atom stereocenters. The largest absolute Gasteiger partial charge is 0.481 e. The Morgan fingerprint density at radius 2 is 1.54 bits per heavy atom. The number of esters is 2. The minimum Gasteiger partial charge on any atom is -0.481 e. The van der Waals surface area contributed by atoms with Crippen molar-refractivity contribution in [3.8, 4) is 0 Å². The SMILES string of the molecule is C=C(C)[C@@H]1CC[C@]2(C(=O)O)CC[C@]3(C)C(CCC4[C@@]5(C)CC[C@H](OC(=O)COC(=O)CO)C(C)(C)C5CC[C@]43C)C12. The van der Waals surface area contributed by atoms with Gasteiger partial charge in [-0.1, -0.05) is 46.8 Å². The number of hydrogen-bond acceptors (Lipinski definition) is 6. The molecule has 0 aromatic heterocycles. The van der Waals surface area contributed by atoms with Crippen molar-refractivity contribution in [2.24, 2.45) is 56.7 Å². The van der Waals surface area contributed by atoms with Crippen molar-refractivity contribution >= 4 is 17.9 Å². The van der Waals surface area contributed by atoms with Crippen LogP contribution < -0.4 is 0 Å². The van der Waals surface area contributed by atoms with Crippen LogP contribution in [-0.2, 0) is 23.9 Å². The zero-order valence-electron chi connectivity index (χ0n) is 26.1. The van der Waals surface area contributed by atoms with E-state index in [1.165, 1.54) is 0 Å². The maximum absolute atomic E-state index is 12.9. The van der Waals surface area contributed by atoms with Crippen LogP contribution in [0.4, 0.5) is 0 Å². The molecule has 7 heteroatoms. The quantitative estimate of drug-likeness (QED) is 0.289. The number of fused-ring (bicyclic) bond motifs is 7. The van der Waals surface area contributed by atoms with Gasteiger partial charge in [0.25, 0.3) is 0 Å². The third kappa shape index (κ3) is 4.25. The van der Waals surface area contributed by atoms with Crippen molar-refractivity contribution in [3.05, 3.63) is 12.2 Å². The van der Waals surface area contributed by atoms with E-state index >= 15 is 0 Å². The molecule has 0 spiro atoms. The van der Waals surface area contributed by atoms with Gasteiger partial charge in [0, 0.05) is 5.41 Å². The molecular weight excluding hydrogens is 520 g/mol. The van der Waals surface area contributed by atoms with E-state index in [1.54, 1.807) is 0 Å². The maximum atomic E-state index is 12.9. The second-order valence-corrected chi connectivity index (χ2v) is 15.8. The number of aliphatic carboxylic acids is 1. The van der Waals surface area contributed by atoms with E-state index in [4.69, 9.17) is 14.6 Å². The minimum atomic E-state index is -0.830. The monoisotopic (exact) mass is 572 g/mol. The van der Waals surface area contributed by atoms with E-state index in [0.717, 1.165) is 69.8 Å². The fourth-order valence-electron chi connectivity index (χ4n) is 12.1. The molecule has 2 N–H and O–H groups in total. The van der Waals surface area contributed by atoms with Gasteiger partial charge in [0.15, 0.2) is 6.61 Å². The number of aliphatic hydroxyl groups is 1. The summed E-state index contributed by atoms with van der Waals surface area (Å²) in [6, 6.07) is 0. The predicted octanol–water partition coefficient (Wildman–Crippen LogP) is 6.18. The third-order valence-electron chi connectivity index (χ3n) is 14.2. The Balaban J connectivity index is 1.41. The van der Waals surface area contributed by atoms with Gasteiger partial charge in [0.2, 0.25) is 0 Å². The second-order valence-electron chi connectivity index (χ2n) is 15.8. The molecular formula is C34H52O7. The van der Waals surface area contributed by atoms with Crippen LogP contribution in [-0.4, -0.2) is 47.4 Å². The van der Waals surface area contributed by atoms with E-state index in [0.29, 0.717) is 23.7 Å². The average molecular weight is 573 g/mol. The van der Waals surface area contributed by atoms with Gasteiger partial charge in [-0.15, -0.1) is 0 Å². The highest BCUT2D eigenvalue weighted by Gasteiger charge is 2.72. The van der Waals surface area contributed by atoms with Gasteiger partial charge in [-0.3, -0.25) is 4.79 Å². The van der Waals surface area contributed by atoms with Crippen molar-refractivity contribution < 1.29 is 34.1 Å². The molecule has 41 heavy (non-hydrogen) atoms. The molecule has 0 heterocycles. The smallest absolute Gasteiger partial charge is 0.344 e. The summed E-state index contributed by atoms with van der Waals surface area (Å²) < 4.78 is 10.7. The molecule has 5 fully saturated rings. The highest BCUT2D eigenvalue weighted by Crippen LogP contribution is 2.77. The molecule has 0 amide bonds. The molecule has 0 aromatic rings. The Morgan fingerprint density at radius 3 is 2.17 bits per heavy atom. The summed E-state index contributed by atoms with van der Waals surface area (Å²) in [5.74, 6) is -0.204. The first-order valence-electron chi connectivity index (χ1n) is 15.9. The first kappa shape index (κ1) is 30.6. The molecule has 0 bridgehead atoms. The van der Waals surface area contributed by atoms with Crippen LogP contribution in [0.2, 0.25) is 0 Å². The molecule has 0 aliphatic heterocycles. The highest BCUT2D eigenvalue weighted by atomic mass is 16.6. The summed E-state index contributed by atoms with van der Waals surface area (Å²) >= 11 is 0. The molecule has 0 aromatic carbocycles. The van der Waals surface area contributed by atoms with Crippen molar-refractivity contribution in [1.29, 1.82) is 0 Å². The average Bonchev–Trinajstić information content (AvgIpc) is 3.31. The van der Waals surface area contributed by atoms with Gasteiger partial charge in [0.1, 0.15) is 12.7 Å². The first-order valence-corrected chi connectivity index (χ1v) is 15.9. The molecule has 7 nitrogen and oxygen atoms in total. The van der Waals surface area contributed by atoms with Crippen LogP contribution in [0.15, 0.2) is 12.2 Å². The number of carbonyl (C=O) groups is 3. The van der Waals surface area contributed by atoms with Crippen LogP contribution in [0.1, 0.15) is 106 Å². The van der Waals surface area contributed by atoms with E-state index in [1.807, 2.05) is 0 Å². The standard InChI is InChI=1S/C34H52O7/c1-20(2)21-10-15-34(29(38)39)17-16-32(6)22(28(21)34)8-9-24-31(5)13-12-25(41-27(37)19-40-26(36)18-35)30(3,4)23(31)11-14-33(24,32)7/h21-25,28,35H,1,8-19H2,2-7H3,(H,38,39)/t21-,22?,23?,24?,25-,28?,31-,32+,33+,34-/m0/s1. The van der Waals surface area contributed by atoms with Gasteiger partial charge >= 0.3 is 17.9 Å². The zero-order chi connectivity index (χ0) is 30.2. The Bertz CT molecular complexity index is 1110. The van der Waals surface area contributed by atoms with Gasteiger partial charge in [0.05, 0.1) is 5.41 Å². The Hall–Kier alpha value is -1.89. The van der Waals surface area contributed by atoms with Gasteiger partial charge in [-0.2, -0.15) is 0 Å². The van der Waals surface area contributed by atoms with Crippen LogP contribution in [0.25, 0.3) is 0 Å². The summed E-state index contributed by atoms with van der Waals surface area (Å²) in [6.45, 7) is 17.2. The predicted molar refractivity (Wildman–Crippen MR) is 155 cm³/mol. The number of aliphatic hydroxyl groups excluding tert-OH is 1. The number of carbonyl (C=O) groups excluding carboxylic acids is 2. The van der Waals surface area contributed by atoms with Crippen LogP contribution in [0.5, 0.6) is 0 Å². The van der Waals surface area contributed by atoms with Crippen molar-refractivity contribution in [3.63, 3.8) is 0 Å². The normalized spacial score (nSPS) is 46.2. The Morgan fingerprint density at radius 1 is 0.829 bits per heavy atom. The maximum Gasteiger partial charge on any atom is 0.344 e. The lowest BCUT2D eigenvalue weighted by atomic mass is 9.32. The summed E-state index contributed by atoms with van der Waals surface area (Å²) in [7, 11) is 0. The molecule has 5 rings (SSSR count). The number of hydrogen-bond donors (Lipinski definition) is 2. The first-order chi connectivity index (χ1) is 19.1. The van der Waals surface area contributed by atoms with E-state index < -0.39 is 36.5 Å². The lowest BCUT2D eigenvalue weighted by molar-refractivity contribution is -0.250. The third-order valence-corrected chi connectivity index (χ3v) is 14.2. The summed E-state index contributed by atoms with van der Waals surface area (Å²) in [4.78, 5) is 36.7. The van der Waals surface area contributed by atoms with E-state index in [2.05, 4.69) is 48.1 Å². The number of carboxylic acid groups (broad SMARTS) is 1. The lowest BCUT2D eigenvalue weighted by Crippen LogP contribution is -2.67. The van der Waals surface area contributed by atoms with Crippen LogP contribution >= 0.6 is 0 Å². The van der Waals surface area contributed by atoms with Crippen molar-refractivity contribution in [2.45, 2.75) is 112 Å². The lowest BCUT2D eigenvalue weighted by Gasteiger charge is -2.72. The fraction of sp³-hybridized carbons (Fsp3) is 0.853. The van der Waals surface area contributed by atoms with Crippen molar-refractivity contribution in [1.82, 2.24) is 0 Å². The molecule has 5 aliphatic carbocycles. The van der Waals surface area contributed by atoms with Crippen LogP contribution in [0, 0.1) is 56.7 Å². The second kappa shape index (κ2) is 10.1. The molecule has 0 saturated heterocycles. The molecule has 0 radical (unpaired) electrons. The summed E-state index contributed by atoms with van der Waals surface area (Å²) in [5, 5.41) is 19.5. The topological polar surface area (TPSA) is 110 Å². The van der Waals surface area contributed by atoms with Gasteiger partial charge in [-0.25, -0.2) is 9.59 Å². The highest BCUT2D eigenvalue weighted by molar-refractivity contribution is 5.77. The Kier molecular flexibility index (Phi) is 7.52. The summed E-state index contributed by atoms with van der Waals surface area (Å²) in [6.07, 6.45) is 9.35. The van der Waals surface area contributed by atoms with Gasteiger partial charge in [-0.05, 0) is 117 Å².